The SMILES string of the molecule is O=C(NC[C@H]1CC[C@H](n2cc3ccc(F)cc3n2)CC1)c1cc(F)c(O)c(F)c1. The molecule has 0 spiro atoms. The van der Waals surface area contributed by atoms with Crippen molar-refractivity contribution in [2.75, 3.05) is 6.54 Å². The Morgan fingerprint density at radius 1 is 1.10 bits per heavy atom. The Bertz CT molecular complexity index is 1040. The first-order valence-corrected chi connectivity index (χ1v) is 9.51. The quantitative estimate of drug-likeness (QED) is 0.682. The van der Waals surface area contributed by atoms with E-state index in [0.717, 1.165) is 43.2 Å². The first-order chi connectivity index (χ1) is 13.9. The summed E-state index contributed by atoms with van der Waals surface area (Å²) in [4.78, 5) is 12.1. The fraction of sp³-hybridized carbons (Fsp3) is 0.333. The molecule has 1 aliphatic rings. The lowest BCUT2D eigenvalue weighted by Gasteiger charge is -2.28. The van der Waals surface area contributed by atoms with Gasteiger partial charge in [-0.2, -0.15) is 5.10 Å². The molecule has 0 atom stereocenters. The van der Waals surface area contributed by atoms with Gasteiger partial charge in [0.15, 0.2) is 17.4 Å². The van der Waals surface area contributed by atoms with E-state index in [1.165, 1.54) is 12.1 Å². The third kappa shape index (κ3) is 4.06. The van der Waals surface area contributed by atoms with Crippen molar-refractivity contribution in [3.8, 4) is 5.75 Å². The molecule has 4 rings (SSSR count). The zero-order chi connectivity index (χ0) is 20.5. The van der Waals surface area contributed by atoms with Gasteiger partial charge < -0.3 is 10.4 Å². The molecule has 152 valence electrons. The van der Waals surface area contributed by atoms with Gasteiger partial charge in [-0.25, -0.2) is 13.2 Å². The van der Waals surface area contributed by atoms with Crippen LogP contribution in [0.15, 0.2) is 36.5 Å². The molecule has 1 amide bonds. The zero-order valence-electron chi connectivity index (χ0n) is 15.5. The van der Waals surface area contributed by atoms with Crippen molar-refractivity contribution in [3.05, 3.63) is 59.5 Å². The summed E-state index contributed by atoms with van der Waals surface area (Å²) < 4.78 is 42.0. The number of aromatic nitrogens is 2. The van der Waals surface area contributed by atoms with Crippen LogP contribution in [0.1, 0.15) is 42.1 Å². The van der Waals surface area contributed by atoms with E-state index in [-0.39, 0.29) is 23.3 Å². The van der Waals surface area contributed by atoms with Crippen LogP contribution in [0.2, 0.25) is 0 Å². The number of halogens is 3. The van der Waals surface area contributed by atoms with Crippen molar-refractivity contribution in [1.82, 2.24) is 15.1 Å². The monoisotopic (exact) mass is 403 g/mol. The molecule has 2 N–H and O–H groups in total. The van der Waals surface area contributed by atoms with Crippen molar-refractivity contribution in [2.24, 2.45) is 5.92 Å². The molecule has 1 fully saturated rings. The predicted octanol–water partition coefficient (Wildman–Crippen LogP) is 4.32. The Labute approximate surface area is 165 Å². The summed E-state index contributed by atoms with van der Waals surface area (Å²) in [7, 11) is 0. The Hall–Kier alpha value is -3.03. The van der Waals surface area contributed by atoms with Crippen LogP contribution in [0.4, 0.5) is 13.2 Å². The van der Waals surface area contributed by atoms with E-state index in [2.05, 4.69) is 10.4 Å². The lowest BCUT2D eigenvalue weighted by molar-refractivity contribution is 0.0940. The Balaban J connectivity index is 1.32. The Morgan fingerprint density at radius 2 is 1.79 bits per heavy atom. The third-order valence-corrected chi connectivity index (χ3v) is 5.51. The van der Waals surface area contributed by atoms with E-state index in [0.29, 0.717) is 12.1 Å². The maximum atomic E-state index is 13.4. The largest absolute Gasteiger partial charge is 0.503 e. The number of carbonyl (C=O) groups excluding carboxylic acids is 1. The molecule has 0 aliphatic heterocycles. The zero-order valence-corrected chi connectivity index (χ0v) is 15.5. The van der Waals surface area contributed by atoms with Crippen molar-refractivity contribution in [1.29, 1.82) is 0 Å². The van der Waals surface area contributed by atoms with Crippen LogP contribution in [0.3, 0.4) is 0 Å². The molecule has 1 aromatic heterocycles. The van der Waals surface area contributed by atoms with Gasteiger partial charge in [-0.15, -0.1) is 0 Å². The third-order valence-electron chi connectivity index (χ3n) is 5.51. The van der Waals surface area contributed by atoms with Gasteiger partial charge >= 0.3 is 0 Å². The number of phenolic OH excluding ortho intramolecular Hbond substituents is 1. The average Bonchev–Trinajstić information content (AvgIpc) is 3.13. The maximum Gasteiger partial charge on any atom is 0.251 e. The molecule has 1 heterocycles. The minimum Gasteiger partial charge on any atom is -0.503 e. The molecule has 2 aromatic carbocycles. The normalized spacial score (nSPS) is 19.4. The lowest BCUT2D eigenvalue weighted by Crippen LogP contribution is -2.31. The molecule has 0 radical (unpaired) electrons. The highest BCUT2D eigenvalue weighted by molar-refractivity contribution is 5.94. The van der Waals surface area contributed by atoms with Crippen molar-refractivity contribution < 1.29 is 23.1 Å². The van der Waals surface area contributed by atoms with Crippen LogP contribution in [-0.4, -0.2) is 27.3 Å². The van der Waals surface area contributed by atoms with Crippen LogP contribution in [0.25, 0.3) is 10.9 Å². The average molecular weight is 403 g/mol. The van der Waals surface area contributed by atoms with Gasteiger partial charge in [0.2, 0.25) is 0 Å². The molecule has 1 aliphatic carbocycles. The summed E-state index contributed by atoms with van der Waals surface area (Å²) in [6.45, 7) is 0.405. The van der Waals surface area contributed by atoms with E-state index in [1.807, 2.05) is 10.9 Å². The summed E-state index contributed by atoms with van der Waals surface area (Å²) >= 11 is 0. The molecule has 5 nitrogen and oxygen atoms in total. The highest BCUT2D eigenvalue weighted by Gasteiger charge is 2.24. The van der Waals surface area contributed by atoms with Crippen molar-refractivity contribution in [3.63, 3.8) is 0 Å². The first kappa shape index (κ1) is 19.3. The second-order valence-corrected chi connectivity index (χ2v) is 7.49. The van der Waals surface area contributed by atoms with E-state index < -0.39 is 23.3 Å². The van der Waals surface area contributed by atoms with E-state index in [1.54, 1.807) is 6.07 Å². The fourth-order valence-corrected chi connectivity index (χ4v) is 3.84. The van der Waals surface area contributed by atoms with Crippen LogP contribution in [-0.2, 0) is 0 Å². The number of benzene rings is 2. The standard InChI is InChI=1S/C21H20F3N3O2/c22-15-4-3-13-11-27(26-19(13)9-15)16-5-1-12(2-6-16)10-25-21(29)14-7-17(23)20(28)18(24)8-14/h3-4,7-9,11-12,16,28H,1-2,5-6,10H2,(H,25,29)/t12-,16-. The number of hydrogen-bond donors (Lipinski definition) is 2. The second-order valence-electron chi connectivity index (χ2n) is 7.49. The van der Waals surface area contributed by atoms with Crippen LogP contribution < -0.4 is 5.32 Å². The van der Waals surface area contributed by atoms with Gasteiger partial charge in [0.1, 0.15) is 5.82 Å². The summed E-state index contributed by atoms with van der Waals surface area (Å²) in [6.07, 6.45) is 5.41. The summed E-state index contributed by atoms with van der Waals surface area (Å²) in [6, 6.07) is 6.40. The number of nitrogens with one attached hydrogen (secondary N) is 1. The van der Waals surface area contributed by atoms with Crippen LogP contribution in [0, 0.1) is 23.4 Å². The first-order valence-electron chi connectivity index (χ1n) is 9.51. The predicted molar refractivity (Wildman–Crippen MR) is 101 cm³/mol. The number of nitrogens with zero attached hydrogens (tertiary/aromatic N) is 2. The highest BCUT2D eigenvalue weighted by Crippen LogP contribution is 2.32. The van der Waals surface area contributed by atoms with Gasteiger partial charge in [-0.05, 0) is 55.9 Å². The smallest absolute Gasteiger partial charge is 0.251 e. The number of carbonyl (C=O) groups is 1. The molecule has 1 saturated carbocycles. The number of fused-ring (bicyclic) bond motifs is 1. The Morgan fingerprint density at radius 3 is 2.48 bits per heavy atom. The molecule has 0 bridgehead atoms. The number of amides is 1. The van der Waals surface area contributed by atoms with Gasteiger partial charge in [0.25, 0.3) is 5.91 Å². The molecular weight excluding hydrogens is 383 g/mol. The topological polar surface area (TPSA) is 67.2 Å². The number of aromatic hydroxyl groups is 1. The number of rotatable bonds is 4. The fourth-order valence-electron chi connectivity index (χ4n) is 3.84. The molecule has 0 unspecified atom stereocenters. The summed E-state index contributed by atoms with van der Waals surface area (Å²) in [5.41, 5.74) is 0.467. The van der Waals surface area contributed by atoms with E-state index in [9.17, 15) is 18.0 Å². The molecule has 8 heteroatoms. The van der Waals surface area contributed by atoms with Gasteiger partial charge in [0.05, 0.1) is 11.6 Å². The molecule has 3 aromatic rings. The molecule has 0 saturated heterocycles. The lowest BCUT2D eigenvalue weighted by atomic mass is 9.86. The maximum absolute atomic E-state index is 13.4. The minimum atomic E-state index is -1.16. The number of phenols is 1. The molecular formula is C21H20F3N3O2. The number of hydrogen-bond acceptors (Lipinski definition) is 3. The second kappa shape index (κ2) is 7.77. The van der Waals surface area contributed by atoms with Crippen molar-refractivity contribution >= 4 is 16.8 Å². The van der Waals surface area contributed by atoms with Crippen LogP contribution in [0.5, 0.6) is 5.75 Å². The van der Waals surface area contributed by atoms with Gasteiger partial charge in [0, 0.05) is 29.8 Å². The van der Waals surface area contributed by atoms with Gasteiger partial charge in [-0.3, -0.25) is 9.48 Å². The van der Waals surface area contributed by atoms with Gasteiger partial charge in [-0.1, -0.05) is 0 Å². The summed E-state index contributed by atoms with van der Waals surface area (Å²) in [5, 5.41) is 17.2. The Kier molecular flexibility index (Phi) is 5.17. The summed E-state index contributed by atoms with van der Waals surface area (Å²) in [5.74, 6) is -4.05. The van der Waals surface area contributed by atoms with Crippen molar-refractivity contribution in [2.45, 2.75) is 31.7 Å². The van der Waals surface area contributed by atoms with E-state index in [4.69, 9.17) is 5.11 Å². The van der Waals surface area contributed by atoms with E-state index >= 15 is 0 Å². The highest BCUT2D eigenvalue weighted by atomic mass is 19.1. The minimum absolute atomic E-state index is 0.165. The van der Waals surface area contributed by atoms with Crippen LogP contribution >= 0.6 is 0 Å². The molecule has 29 heavy (non-hydrogen) atoms.